The van der Waals surface area contributed by atoms with Crippen molar-refractivity contribution >= 4 is 15.9 Å². The minimum atomic E-state index is -0.151. The van der Waals surface area contributed by atoms with Gasteiger partial charge in [0, 0.05) is 24.0 Å². The first kappa shape index (κ1) is 9.49. The van der Waals surface area contributed by atoms with Gasteiger partial charge in [-0.15, -0.1) is 0 Å². The highest BCUT2D eigenvalue weighted by Gasteiger charge is 2.39. The molecule has 1 saturated heterocycles. The van der Waals surface area contributed by atoms with Crippen molar-refractivity contribution in [2.45, 2.75) is 31.9 Å². The van der Waals surface area contributed by atoms with E-state index in [1.807, 2.05) is 0 Å². The molecule has 2 nitrogen and oxygen atoms in total. The lowest BCUT2D eigenvalue weighted by Crippen LogP contribution is -2.45. The highest BCUT2D eigenvalue weighted by Crippen LogP contribution is 2.28. The minimum Gasteiger partial charge on any atom is -0.391 e. The molecule has 1 heterocycles. The molecule has 1 unspecified atom stereocenters. The summed E-state index contributed by atoms with van der Waals surface area (Å²) in [7, 11) is 0. The van der Waals surface area contributed by atoms with Gasteiger partial charge in [0.05, 0.1) is 6.10 Å². The zero-order valence-corrected chi connectivity index (χ0v) is 8.76. The van der Waals surface area contributed by atoms with Gasteiger partial charge in [0.15, 0.2) is 0 Å². The average molecular weight is 222 g/mol. The number of hydrogen-bond acceptors (Lipinski definition) is 2. The van der Waals surface area contributed by atoms with Gasteiger partial charge in [0.1, 0.15) is 0 Å². The number of rotatable bonds is 2. The molecule has 1 fully saturated rings. The fourth-order valence-electron chi connectivity index (χ4n) is 1.63. The Balaban J connectivity index is 2.55. The smallest absolute Gasteiger partial charge is 0.0730 e. The summed E-state index contributed by atoms with van der Waals surface area (Å²) in [5, 5.41) is 10.6. The maximum atomic E-state index is 9.60. The van der Waals surface area contributed by atoms with E-state index < -0.39 is 0 Å². The van der Waals surface area contributed by atoms with E-state index in [2.05, 4.69) is 34.7 Å². The van der Waals surface area contributed by atoms with Gasteiger partial charge in [0.25, 0.3) is 0 Å². The van der Waals surface area contributed by atoms with E-state index in [9.17, 15) is 5.11 Å². The van der Waals surface area contributed by atoms with Gasteiger partial charge in [-0.1, -0.05) is 15.9 Å². The van der Waals surface area contributed by atoms with Gasteiger partial charge in [-0.2, -0.15) is 0 Å². The van der Waals surface area contributed by atoms with Crippen LogP contribution < -0.4 is 0 Å². The summed E-state index contributed by atoms with van der Waals surface area (Å²) >= 11 is 3.41. The van der Waals surface area contributed by atoms with Crippen molar-refractivity contribution in [1.82, 2.24) is 4.90 Å². The molecule has 0 aromatic carbocycles. The Morgan fingerprint density at radius 1 is 1.64 bits per heavy atom. The predicted octanol–water partition coefficient (Wildman–Crippen LogP) is 1.23. The van der Waals surface area contributed by atoms with Crippen LogP contribution in [0.1, 0.15) is 20.3 Å². The molecule has 1 atom stereocenters. The number of hydrogen-bond donors (Lipinski definition) is 1. The highest BCUT2D eigenvalue weighted by molar-refractivity contribution is 9.09. The number of alkyl halides is 1. The van der Waals surface area contributed by atoms with Crippen LogP contribution in [0.5, 0.6) is 0 Å². The minimum absolute atomic E-state index is 0.0201. The zero-order valence-electron chi connectivity index (χ0n) is 7.18. The van der Waals surface area contributed by atoms with Crippen LogP contribution in [-0.4, -0.2) is 40.1 Å². The molecular formula is C8H16BrNO. The molecule has 0 amide bonds. The fraction of sp³-hybridized carbons (Fsp3) is 1.00. The Morgan fingerprint density at radius 3 is 2.64 bits per heavy atom. The van der Waals surface area contributed by atoms with E-state index in [1.54, 1.807) is 0 Å². The topological polar surface area (TPSA) is 23.5 Å². The lowest BCUT2D eigenvalue weighted by molar-refractivity contribution is 0.0583. The summed E-state index contributed by atoms with van der Waals surface area (Å²) in [5.41, 5.74) is -0.0201. The van der Waals surface area contributed by atoms with Crippen LogP contribution in [0.25, 0.3) is 0 Å². The molecule has 1 aliphatic rings. The Morgan fingerprint density at radius 2 is 2.27 bits per heavy atom. The Labute approximate surface area is 76.7 Å². The van der Waals surface area contributed by atoms with E-state index in [1.165, 1.54) is 0 Å². The highest BCUT2D eigenvalue weighted by atomic mass is 79.9. The van der Waals surface area contributed by atoms with Crippen LogP contribution in [0.15, 0.2) is 0 Å². The van der Waals surface area contributed by atoms with Crippen molar-refractivity contribution in [2.24, 2.45) is 0 Å². The van der Waals surface area contributed by atoms with Crippen molar-refractivity contribution in [3.8, 4) is 0 Å². The molecule has 0 spiro atoms. The van der Waals surface area contributed by atoms with Crippen LogP contribution in [-0.2, 0) is 0 Å². The monoisotopic (exact) mass is 221 g/mol. The molecule has 66 valence electrons. The quantitative estimate of drug-likeness (QED) is 0.710. The molecule has 1 rings (SSSR count). The molecule has 0 aliphatic carbocycles. The molecular weight excluding hydrogens is 206 g/mol. The average Bonchev–Trinajstić information content (AvgIpc) is 2.16. The van der Waals surface area contributed by atoms with Crippen LogP contribution in [0.3, 0.4) is 0 Å². The van der Waals surface area contributed by atoms with Crippen molar-refractivity contribution in [1.29, 1.82) is 0 Å². The van der Waals surface area contributed by atoms with Gasteiger partial charge in [-0.25, -0.2) is 0 Å². The van der Waals surface area contributed by atoms with Crippen molar-refractivity contribution in [3.05, 3.63) is 0 Å². The van der Waals surface area contributed by atoms with Gasteiger partial charge >= 0.3 is 0 Å². The number of likely N-dealkylation sites (tertiary alicyclic amines) is 1. The molecule has 3 heteroatoms. The summed E-state index contributed by atoms with van der Waals surface area (Å²) in [6, 6.07) is 0. The first-order valence-electron chi connectivity index (χ1n) is 4.08. The Kier molecular flexibility index (Phi) is 2.95. The van der Waals surface area contributed by atoms with Crippen LogP contribution >= 0.6 is 15.9 Å². The molecule has 1 N–H and O–H groups in total. The van der Waals surface area contributed by atoms with Crippen LogP contribution in [0.2, 0.25) is 0 Å². The van der Waals surface area contributed by atoms with E-state index in [0.29, 0.717) is 0 Å². The van der Waals surface area contributed by atoms with E-state index in [4.69, 9.17) is 0 Å². The summed E-state index contributed by atoms with van der Waals surface area (Å²) in [5.74, 6) is 0. The third kappa shape index (κ3) is 1.76. The zero-order chi connectivity index (χ0) is 8.48. The molecule has 0 radical (unpaired) electrons. The normalized spacial score (nSPS) is 31.1. The second-order valence-electron chi connectivity index (χ2n) is 3.63. The van der Waals surface area contributed by atoms with Crippen molar-refractivity contribution < 1.29 is 5.11 Å². The lowest BCUT2D eigenvalue weighted by atomic mass is 9.99. The third-order valence-electron chi connectivity index (χ3n) is 2.66. The molecule has 11 heavy (non-hydrogen) atoms. The van der Waals surface area contributed by atoms with Gasteiger partial charge in [-0.05, 0) is 20.3 Å². The van der Waals surface area contributed by atoms with Crippen LogP contribution in [0.4, 0.5) is 0 Å². The first-order chi connectivity index (χ1) is 5.09. The fourth-order valence-corrected chi connectivity index (χ4v) is 2.06. The van der Waals surface area contributed by atoms with Gasteiger partial charge < -0.3 is 5.11 Å². The standard InChI is InChI=1S/C8H16BrNO/c1-8(2)7(11)3-5-10(8)6-4-9/h7,11H,3-6H2,1-2H3. The number of halogens is 1. The number of aliphatic hydroxyl groups excluding tert-OH is 1. The maximum absolute atomic E-state index is 9.60. The van der Waals surface area contributed by atoms with Crippen LogP contribution in [0, 0.1) is 0 Å². The molecule has 1 aliphatic heterocycles. The Hall–Kier alpha value is 0.400. The van der Waals surface area contributed by atoms with Crippen molar-refractivity contribution in [2.75, 3.05) is 18.4 Å². The molecule has 0 bridgehead atoms. The predicted molar refractivity (Wildman–Crippen MR) is 50.1 cm³/mol. The summed E-state index contributed by atoms with van der Waals surface area (Å²) in [4.78, 5) is 2.33. The third-order valence-corrected chi connectivity index (χ3v) is 3.01. The SMILES string of the molecule is CC1(C)C(O)CCN1CCBr. The van der Waals surface area contributed by atoms with Gasteiger partial charge in [0.2, 0.25) is 0 Å². The lowest BCUT2D eigenvalue weighted by Gasteiger charge is -2.33. The molecule has 0 saturated carbocycles. The Bertz CT molecular complexity index is 136. The van der Waals surface area contributed by atoms with E-state index in [-0.39, 0.29) is 11.6 Å². The maximum Gasteiger partial charge on any atom is 0.0730 e. The second kappa shape index (κ2) is 3.42. The number of aliphatic hydroxyl groups is 1. The number of nitrogens with zero attached hydrogens (tertiary/aromatic N) is 1. The van der Waals surface area contributed by atoms with Gasteiger partial charge in [-0.3, -0.25) is 4.90 Å². The summed E-state index contributed by atoms with van der Waals surface area (Å²) < 4.78 is 0. The van der Waals surface area contributed by atoms with E-state index >= 15 is 0 Å². The summed E-state index contributed by atoms with van der Waals surface area (Å²) in [6.07, 6.45) is 0.765. The van der Waals surface area contributed by atoms with E-state index in [0.717, 1.165) is 24.8 Å². The largest absolute Gasteiger partial charge is 0.391 e. The van der Waals surface area contributed by atoms with Crippen molar-refractivity contribution in [3.63, 3.8) is 0 Å². The molecule has 0 aromatic heterocycles. The summed E-state index contributed by atoms with van der Waals surface area (Å²) in [6.45, 7) is 6.27. The first-order valence-corrected chi connectivity index (χ1v) is 5.20. The molecule has 0 aromatic rings. The second-order valence-corrected chi connectivity index (χ2v) is 4.43.